The second kappa shape index (κ2) is 4.14. The Labute approximate surface area is 71.9 Å². The number of hydrogen-bond acceptors (Lipinski definition) is 2. The maximum absolute atomic E-state index is 13.0. The largest absolute Gasteiger partial charge is 0.382 e. The molecule has 4 heteroatoms. The van der Waals surface area contributed by atoms with E-state index in [4.69, 9.17) is 0 Å². The van der Waals surface area contributed by atoms with Crippen molar-refractivity contribution in [1.29, 1.82) is 0 Å². The first-order chi connectivity index (χ1) is 5.31. The van der Waals surface area contributed by atoms with Crippen molar-refractivity contribution in [2.45, 2.75) is 26.9 Å². The summed E-state index contributed by atoms with van der Waals surface area (Å²) >= 11 is 0. The van der Waals surface area contributed by atoms with Crippen molar-refractivity contribution in [3.8, 4) is 0 Å². The zero-order chi connectivity index (χ0) is 9.83. The van der Waals surface area contributed by atoms with E-state index in [1.165, 1.54) is 27.9 Å². The van der Waals surface area contributed by atoms with Crippen molar-refractivity contribution < 1.29 is 18.3 Å². The Hall–Kier alpha value is -0.220. The summed E-state index contributed by atoms with van der Waals surface area (Å²) in [6.07, 6.45) is -3.09. The van der Waals surface area contributed by atoms with Crippen molar-refractivity contribution in [3.05, 3.63) is 0 Å². The second-order valence-corrected chi connectivity index (χ2v) is 3.61. The molecule has 12 heavy (non-hydrogen) atoms. The number of alkyl halides is 2. The molecule has 0 aliphatic carbocycles. The van der Waals surface area contributed by atoms with Gasteiger partial charge in [0.2, 0.25) is 0 Å². The normalized spacial score (nSPS) is 13.5. The van der Waals surface area contributed by atoms with Gasteiger partial charge in [-0.2, -0.15) is 8.78 Å². The van der Waals surface area contributed by atoms with E-state index in [9.17, 15) is 8.78 Å². The van der Waals surface area contributed by atoms with Crippen LogP contribution in [0.1, 0.15) is 20.8 Å². The molecule has 0 bridgehead atoms. The van der Waals surface area contributed by atoms with E-state index in [1.807, 2.05) is 0 Å². The molecule has 0 aliphatic heterocycles. The van der Waals surface area contributed by atoms with E-state index in [-0.39, 0.29) is 13.2 Å². The third-order valence-corrected chi connectivity index (χ3v) is 1.44. The molecular weight excluding hydrogens is 166 g/mol. The van der Waals surface area contributed by atoms with Gasteiger partial charge in [-0.15, -0.1) is 0 Å². The van der Waals surface area contributed by atoms with Crippen LogP contribution in [0.2, 0.25) is 0 Å². The minimum atomic E-state index is -3.09. The fourth-order valence-corrected chi connectivity index (χ4v) is 0.470. The summed E-state index contributed by atoms with van der Waals surface area (Å²) in [7, 11) is 1.44. The van der Waals surface area contributed by atoms with Crippen LogP contribution in [0.25, 0.3) is 0 Å². The first-order valence-electron chi connectivity index (χ1n) is 3.82. The molecule has 0 aromatic heterocycles. The predicted octanol–water partition coefficient (Wildman–Crippen LogP) is 2.29. The summed E-state index contributed by atoms with van der Waals surface area (Å²) in [5, 5.41) is 0. The quantitative estimate of drug-likeness (QED) is 0.621. The Bertz CT molecular complexity index is 130. The third-order valence-electron chi connectivity index (χ3n) is 1.44. The van der Waals surface area contributed by atoms with Gasteiger partial charge in [0, 0.05) is 7.11 Å². The number of rotatable bonds is 4. The molecule has 0 saturated heterocycles. The minimum Gasteiger partial charge on any atom is -0.382 e. The number of halogens is 2. The topological polar surface area (TPSA) is 18.5 Å². The van der Waals surface area contributed by atoms with Gasteiger partial charge in [0.15, 0.2) is 0 Å². The molecular formula is C8H16F2O2. The molecule has 0 fully saturated rings. The molecule has 0 unspecified atom stereocenters. The van der Waals surface area contributed by atoms with Gasteiger partial charge in [-0.1, -0.05) is 20.8 Å². The highest BCUT2D eigenvalue weighted by atomic mass is 19.3. The van der Waals surface area contributed by atoms with Gasteiger partial charge >= 0.3 is 6.11 Å². The molecule has 0 heterocycles. The number of methoxy groups -OCH3 is 1. The van der Waals surface area contributed by atoms with Crippen molar-refractivity contribution >= 4 is 0 Å². The lowest BCUT2D eigenvalue weighted by Crippen LogP contribution is -2.37. The van der Waals surface area contributed by atoms with Crippen molar-refractivity contribution in [2.24, 2.45) is 5.41 Å². The van der Waals surface area contributed by atoms with Crippen LogP contribution in [-0.4, -0.2) is 26.4 Å². The molecule has 0 atom stereocenters. The van der Waals surface area contributed by atoms with Crippen molar-refractivity contribution in [3.63, 3.8) is 0 Å². The molecule has 0 N–H and O–H groups in total. The monoisotopic (exact) mass is 182 g/mol. The Morgan fingerprint density at radius 1 is 1.08 bits per heavy atom. The first-order valence-corrected chi connectivity index (χ1v) is 3.82. The predicted molar refractivity (Wildman–Crippen MR) is 42.2 cm³/mol. The molecule has 74 valence electrons. The van der Waals surface area contributed by atoms with Crippen molar-refractivity contribution in [1.82, 2.24) is 0 Å². The molecule has 0 aromatic carbocycles. The van der Waals surface area contributed by atoms with E-state index in [0.29, 0.717) is 0 Å². The van der Waals surface area contributed by atoms with E-state index < -0.39 is 11.5 Å². The van der Waals surface area contributed by atoms with Gasteiger partial charge in [-0.05, 0) is 0 Å². The van der Waals surface area contributed by atoms with E-state index in [1.54, 1.807) is 0 Å². The van der Waals surface area contributed by atoms with Crippen LogP contribution < -0.4 is 0 Å². The lowest BCUT2D eigenvalue weighted by Gasteiger charge is -2.29. The van der Waals surface area contributed by atoms with Crippen LogP contribution in [0.15, 0.2) is 0 Å². The lowest BCUT2D eigenvalue weighted by atomic mass is 9.95. The summed E-state index contributed by atoms with van der Waals surface area (Å²) < 4.78 is 34.9. The first kappa shape index (κ1) is 11.8. The van der Waals surface area contributed by atoms with Gasteiger partial charge in [0.1, 0.15) is 0 Å². The van der Waals surface area contributed by atoms with E-state index >= 15 is 0 Å². The van der Waals surface area contributed by atoms with Crippen molar-refractivity contribution in [2.75, 3.05) is 20.3 Å². The summed E-state index contributed by atoms with van der Waals surface area (Å²) in [6.45, 7) is 4.39. The molecule has 0 rings (SSSR count). The van der Waals surface area contributed by atoms with Gasteiger partial charge in [-0.3, -0.25) is 0 Å². The third kappa shape index (κ3) is 3.45. The Morgan fingerprint density at radius 3 is 1.92 bits per heavy atom. The van der Waals surface area contributed by atoms with E-state index in [0.717, 1.165) is 0 Å². The van der Waals surface area contributed by atoms with Crippen LogP contribution in [0, 0.1) is 5.41 Å². The molecule has 2 nitrogen and oxygen atoms in total. The van der Waals surface area contributed by atoms with Crippen LogP contribution in [0.4, 0.5) is 8.78 Å². The average Bonchev–Trinajstić information content (AvgIpc) is 1.85. The zero-order valence-corrected chi connectivity index (χ0v) is 7.99. The second-order valence-electron chi connectivity index (χ2n) is 3.61. The summed E-state index contributed by atoms with van der Waals surface area (Å²) in [5.74, 6) is 0. The minimum absolute atomic E-state index is 0.0826. The van der Waals surface area contributed by atoms with Gasteiger partial charge in [0.25, 0.3) is 0 Å². The standard InChI is InChI=1S/C8H16F2O2/c1-7(2,3)8(9,10)12-6-5-11-4/h5-6H2,1-4H3. The highest BCUT2D eigenvalue weighted by molar-refractivity contribution is 4.72. The van der Waals surface area contributed by atoms with Crippen LogP contribution in [-0.2, 0) is 9.47 Å². The fraction of sp³-hybridized carbons (Fsp3) is 1.00. The van der Waals surface area contributed by atoms with Gasteiger partial charge in [0.05, 0.1) is 18.6 Å². The van der Waals surface area contributed by atoms with Crippen LogP contribution >= 0.6 is 0 Å². The average molecular weight is 182 g/mol. The summed E-state index contributed by atoms with van der Waals surface area (Å²) in [6, 6.07) is 0. The number of ether oxygens (including phenoxy) is 2. The van der Waals surface area contributed by atoms with Gasteiger partial charge < -0.3 is 9.47 Å². The molecule has 0 saturated carbocycles. The SMILES string of the molecule is COCCOC(F)(F)C(C)(C)C. The molecule has 0 amide bonds. The molecule has 0 aliphatic rings. The van der Waals surface area contributed by atoms with E-state index in [2.05, 4.69) is 9.47 Å². The van der Waals surface area contributed by atoms with Crippen LogP contribution in [0.5, 0.6) is 0 Å². The fourth-order valence-electron chi connectivity index (χ4n) is 0.470. The lowest BCUT2D eigenvalue weighted by molar-refractivity contribution is -0.297. The van der Waals surface area contributed by atoms with Crippen LogP contribution in [0.3, 0.4) is 0 Å². The Kier molecular flexibility index (Phi) is 4.06. The summed E-state index contributed by atoms with van der Waals surface area (Å²) in [5.41, 5.74) is -1.17. The maximum atomic E-state index is 13.0. The zero-order valence-electron chi connectivity index (χ0n) is 7.99. The summed E-state index contributed by atoms with van der Waals surface area (Å²) in [4.78, 5) is 0. The molecule has 0 aromatic rings. The Balaban J connectivity index is 3.88. The number of hydrogen-bond donors (Lipinski definition) is 0. The highest BCUT2D eigenvalue weighted by Crippen LogP contribution is 2.36. The maximum Gasteiger partial charge on any atom is 0.360 e. The highest BCUT2D eigenvalue weighted by Gasteiger charge is 2.44. The molecule has 0 radical (unpaired) electrons. The molecule has 0 spiro atoms. The van der Waals surface area contributed by atoms with Gasteiger partial charge in [-0.25, -0.2) is 0 Å². The smallest absolute Gasteiger partial charge is 0.360 e. The Morgan fingerprint density at radius 2 is 1.58 bits per heavy atom.